The normalized spacial score (nSPS) is 10.9. The third-order valence-corrected chi connectivity index (χ3v) is 3.34. The summed E-state index contributed by atoms with van der Waals surface area (Å²) in [4.78, 5) is 7.53. The summed E-state index contributed by atoms with van der Waals surface area (Å²) in [6, 6.07) is 6.00. The number of guanidine groups is 1. The maximum Gasteiger partial charge on any atom is 0.194 e. The minimum Gasteiger partial charge on any atom is -0.364 e. The van der Waals surface area contributed by atoms with E-state index in [4.69, 9.17) is 4.52 Å². The molecule has 104 valence electrons. The van der Waals surface area contributed by atoms with Crippen LogP contribution in [0.1, 0.15) is 10.6 Å². The molecular formula is C12H17IN4OS. The minimum atomic E-state index is 0. The van der Waals surface area contributed by atoms with E-state index in [-0.39, 0.29) is 24.0 Å². The van der Waals surface area contributed by atoms with E-state index >= 15 is 0 Å². The van der Waals surface area contributed by atoms with E-state index in [1.807, 2.05) is 24.1 Å². The summed E-state index contributed by atoms with van der Waals surface area (Å²) < 4.78 is 4.81. The predicted molar refractivity (Wildman–Crippen MR) is 87.9 cm³/mol. The molecule has 1 N–H and O–H groups in total. The Morgan fingerprint density at radius 3 is 2.95 bits per heavy atom. The molecule has 0 aliphatic heterocycles. The Morgan fingerprint density at radius 2 is 2.37 bits per heavy atom. The molecule has 0 aliphatic carbocycles. The molecule has 0 aromatic carbocycles. The van der Waals surface area contributed by atoms with Crippen molar-refractivity contribution in [1.82, 2.24) is 15.4 Å². The van der Waals surface area contributed by atoms with E-state index in [0.717, 1.165) is 18.2 Å². The lowest BCUT2D eigenvalue weighted by atomic mass is 10.4. The van der Waals surface area contributed by atoms with Gasteiger partial charge in [0.15, 0.2) is 5.96 Å². The molecule has 2 aromatic rings. The van der Waals surface area contributed by atoms with Gasteiger partial charge in [-0.2, -0.15) is 0 Å². The van der Waals surface area contributed by atoms with Gasteiger partial charge in [-0.05, 0) is 11.4 Å². The molecule has 2 aromatic heterocycles. The fourth-order valence-corrected chi connectivity index (χ4v) is 2.25. The SMILES string of the molecule is CN=C(NCc1cccs1)N(C)Cc1ccon1.I. The van der Waals surface area contributed by atoms with Crippen LogP contribution < -0.4 is 5.32 Å². The molecule has 2 rings (SSSR count). The highest BCUT2D eigenvalue weighted by Crippen LogP contribution is 2.08. The van der Waals surface area contributed by atoms with Crippen molar-refractivity contribution in [2.75, 3.05) is 14.1 Å². The van der Waals surface area contributed by atoms with Crippen molar-refractivity contribution < 1.29 is 4.52 Å². The fourth-order valence-electron chi connectivity index (χ4n) is 1.60. The highest BCUT2D eigenvalue weighted by molar-refractivity contribution is 14.0. The Bertz CT molecular complexity index is 484. The first kappa shape index (κ1) is 16.0. The molecule has 0 radical (unpaired) electrons. The molecule has 0 aliphatic rings. The second kappa shape index (κ2) is 8.16. The quantitative estimate of drug-likeness (QED) is 0.494. The lowest BCUT2D eigenvalue weighted by Gasteiger charge is -2.20. The lowest BCUT2D eigenvalue weighted by molar-refractivity contribution is 0.391. The summed E-state index contributed by atoms with van der Waals surface area (Å²) in [5, 5.41) is 9.27. The van der Waals surface area contributed by atoms with Crippen LogP contribution in [0.4, 0.5) is 0 Å². The molecule has 0 unspecified atom stereocenters. The zero-order valence-electron chi connectivity index (χ0n) is 10.9. The second-order valence-corrected chi connectivity index (χ2v) is 4.86. The first-order valence-corrected chi connectivity index (χ1v) is 6.51. The molecule has 0 amide bonds. The summed E-state index contributed by atoms with van der Waals surface area (Å²) in [5.41, 5.74) is 0.886. The van der Waals surface area contributed by atoms with Crippen LogP contribution in [0.5, 0.6) is 0 Å². The second-order valence-electron chi connectivity index (χ2n) is 3.83. The molecule has 5 nitrogen and oxygen atoms in total. The van der Waals surface area contributed by atoms with E-state index in [1.54, 1.807) is 24.6 Å². The van der Waals surface area contributed by atoms with Gasteiger partial charge in [0.25, 0.3) is 0 Å². The third kappa shape index (κ3) is 4.83. The van der Waals surface area contributed by atoms with Crippen LogP contribution in [0.3, 0.4) is 0 Å². The van der Waals surface area contributed by atoms with Crippen LogP contribution in [-0.2, 0) is 13.1 Å². The Kier molecular flexibility index (Phi) is 6.85. The van der Waals surface area contributed by atoms with Crippen molar-refractivity contribution in [2.24, 2.45) is 4.99 Å². The van der Waals surface area contributed by atoms with Crippen LogP contribution in [0.25, 0.3) is 0 Å². The van der Waals surface area contributed by atoms with Gasteiger partial charge >= 0.3 is 0 Å². The summed E-state index contributed by atoms with van der Waals surface area (Å²) in [5.74, 6) is 0.839. The van der Waals surface area contributed by atoms with Gasteiger partial charge in [0.05, 0.1) is 13.1 Å². The average molecular weight is 392 g/mol. The van der Waals surface area contributed by atoms with Gasteiger partial charge in [-0.3, -0.25) is 4.99 Å². The molecule has 7 heteroatoms. The Labute approximate surface area is 133 Å². The number of hydrogen-bond acceptors (Lipinski definition) is 4. The third-order valence-electron chi connectivity index (χ3n) is 2.46. The smallest absolute Gasteiger partial charge is 0.194 e. The van der Waals surface area contributed by atoms with E-state index < -0.39 is 0 Å². The van der Waals surface area contributed by atoms with Gasteiger partial charge in [-0.25, -0.2) is 0 Å². The number of halogens is 1. The Balaban J connectivity index is 0.00000180. The van der Waals surface area contributed by atoms with Gasteiger partial charge < -0.3 is 14.7 Å². The van der Waals surface area contributed by atoms with Crippen molar-refractivity contribution in [2.45, 2.75) is 13.1 Å². The van der Waals surface area contributed by atoms with Crippen molar-refractivity contribution in [1.29, 1.82) is 0 Å². The number of nitrogens with zero attached hydrogens (tertiary/aromatic N) is 3. The van der Waals surface area contributed by atoms with Crippen LogP contribution in [0, 0.1) is 0 Å². The Morgan fingerprint density at radius 1 is 1.53 bits per heavy atom. The molecule has 0 saturated heterocycles. The lowest BCUT2D eigenvalue weighted by Crippen LogP contribution is -2.37. The number of rotatable bonds is 4. The van der Waals surface area contributed by atoms with Crippen LogP contribution in [0.15, 0.2) is 39.4 Å². The molecular weight excluding hydrogens is 375 g/mol. The molecule has 19 heavy (non-hydrogen) atoms. The zero-order valence-corrected chi connectivity index (χ0v) is 14.0. The van der Waals surface area contributed by atoms with Crippen molar-refractivity contribution in [3.8, 4) is 0 Å². The summed E-state index contributed by atoms with van der Waals surface area (Å²) >= 11 is 1.73. The summed E-state index contributed by atoms with van der Waals surface area (Å²) in [7, 11) is 3.74. The largest absolute Gasteiger partial charge is 0.364 e. The van der Waals surface area contributed by atoms with Crippen molar-refractivity contribution >= 4 is 41.3 Å². The van der Waals surface area contributed by atoms with Gasteiger partial charge in [0.1, 0.15) is 12.0 Å². The summed E-state index contributed by atoms with van der Waals surface area (Å²) in [6.07, 6.45) is 1.57. The standard InChI is InChI=1S/C12H16N4OS.HI/c1-13-12(14-8-11-4-3-7-18-11)16(2)9-10-5-6-17-15-10;/h3-7H,8-9H2,1-2H3,(H,13,14);1H. The highest BCUT2D eigenvalue weighted by atomic mass is 127. The topological polar surface area (TPSA) is 53.7 Å². The fraction of sp³-hybridized carbons (Fsp3) is 0.333. The van der Waals surface area contributed by atoms with Gasteiger partial charge in [0, 0.05) is 25.0 Å². The highest BCUT2D eigenvalue weighted by Gasteiger charge is 2.08. The number of hydrogen-bond donors (Lipinski definition) is 1. The number of thiophene rings is 1. The van der Waals surface area contributed by atoms with Gasteiger partial charge in [0.2, 0.25) is 0 Å². The zero-order chi connectivity index (χ0) is 12.8. The average Bonchev–Trinajstić information content (AvgIpc) is 3.02. The van der Waals surface area contributed by atoms with E-state index in [0.29, 0.717) is 6.54 Å². The predicted octanol–water partition coefficient (Wildman–Crippen LogP) is 2.56. The minimum absolute atomic E-state index is 0. The molecule has 0 saturated carbocycles. The number of nitrogens with one attached hydrogen (secondary N) is 1. The van der Waals surface area contributed by atoms with Crippen LogP contribution >= 0.6 is 35.3 Å². The first-order valence-electron chi connectivity index (χ1n) is 5.63. The maximum absolute atomic E-state index is 4.81. The van der Waals surface area contributed by atoms with E-state index in [2.05, 4.69) is 26.9 Å². The Hall–Kier alpha value is -1.09. The van der Waals surface area contributed by atoms with E-state index in [9.17, 15) is 0 Å². The van der Waals surface area contributed by atoms with Crippen molar-refractivity contribution in [3.05, 3.63) is 40.4 Å². The molecule has 0 fully saturated rings. The van der Waals surface area contributed by atoms with Gasteiger partial charge in [-0.15, -0.1) is 35.3 Å². The molecule has 0 atom stereocenters. The molecule has 0 bridgehead atoms. The van der Waals surface area contributed by atoms with Gasteiger partial charge in [-0.1, -0.05) is 11.2 Å². The van der Waals surface area contributed by atoms with Crippen LogP contribution in [0.2, 0.25) is 0 Å². The maximum atomic E-state index is 4.81. The monoisotopic (exact) mass is 392 g/mol. The number of aromatic nitrogens is 1. The molecule has 2 heterocycles. The number of aliphatic imine (C=N–C) groups is 1. The van der Waals surface area contributed by atoms with Crippen LogP contribution in [-0.4, -0.2) is 30.1 Å². The first-order chi connectivity index (χ1) is 8.79. The summed E-state index contributed by atoms with van der Waals surface area (Å²) in [6.45, 7) is 1.45. The molecule has 0 spiro atoms. The van der Waals surface area contributed by atoms with Crippen molar-refractivity contribution in [3.63, 3.8) is 0 Å². The van der Waals surface area contributed by atoms with E-state index in [1.165, 1.54) is 4.88 Å².